The number of hydrogen-bond donors (Lipinski definition) is 1. The minimum absolute atomic E-state index is 0.286. The van der Waals surface area contributed by atoms with Crippen molar-refractivity contribution in [2.75, 3.05) is 36.5 Å². The predicted molar refractivity (Wildman–Crippen MR) is 98.3 cm³/mol. The Kier molecular flexibility index (Phi) is 4.97. The highest BCUT2D eigenvalue weighted by atomic mass is 19.1. The molecule has 0 spiro atoms. The largest absolute Gasteiger partial charge is 0.382 e. The van der Waals surface area contributed by atoms with Crippen molar-refractivity contribution in [2.24, 2.45) is 5.16 Å². The second-order valence-electron chi connectivity index (χ2n) is 6.34. The Balaban J connectivity index is 1.34. The number of amides is 1. The van der Waals surface area contributed by atoms with Crippen molar-refractivity contribution in [1.82, 2.24) is 4.98 Å². The van der Waals surface area contributed by atoms with E-state index in [-0.39, 0.29) is 18.1 Å². The van der Waals surface area contributed by atoms with E-state index in [1.165, 1.54) is 12.1 Å². The molecule has 0 unspecified atom stereocenters. The number of oxime groups is 1. The van der Waals surface area contributed by atoms with Gasteiger partial charge in [0.05, 0.1) is 30.8 Å². The van der Waals surface area contributed by atoms with E-state index >= 15 is 0 Å². The molecule has 3 heterocycles. The maximum absolute atomic E-state index is 13.3. The van der Waals surface area contributed by atoms with Gasteiger partial charge in [-0.15, -0.1) is 0 Å². The lowest BCUT2D eigenvalue weighted by Gasteiger charge is -2.27. The number of ether oxygens (including phenoxy) is 1. The van der Waals surface area contributed by atoms with E-state index < -0.39 is 6.10 Å². The number of anilines is 2. The van der Waals surface area contributed by atoms with Gasteiger partial charge < -0.3 is 19.8 Å². The zero-order valence-electron chi connectivity index (χ0n) is 14.6. The van der Waals surface area contributed by atoms with Gasteiger partial charge >= 0.3 is 0 Å². The number of aromatic nitrogens is 1. The van der Waals surface area contributed by atoms with Crippen molar-refractivity contribution in [2.45, 2.75) is 12.5 Å². The highest BCUT2D eigenvalue weighted by Gasteiger charge is 2.29. The quantitative estimate of drug-likeness (QED) is 0.893. The van der Waals surface area contributed by atoms with Gasteiger partial charge in [0.15, 0.2) is 0 Å². The molecule has 0 aliphatic carbocycles. The summed E-state index contributed by atoms with van der Waals surface area (Å²) in [4.78, 5) is 24.2. The number of rotatable bonds is 4. The van der Waals surface area contributed by atoms with Crippen LogP contribution in [0.5, 0.6) is 0 Å². The van der Waals surface area contributed by atoms with E-state index in [0.29, 0.717) is 30.2 Å². The molecule has 2 aromatic rings. The first-order chi connectivity index (χ1) is 13.2. The second kappa shape index (κ2) is 7.71. The van der Waals surface area contributed by atoms with Crippen LogP contribution >= 0.6 is 0 Å². The molecule has 8 heteroatoms. The monoisotopic (exact) mass is 370 g/mol. The third kappa shape index (κ3) is 4.06. The van der Waals surface area contributed by atoms with Gasteiger partial charge in [-0.2, -0.15) is 0 Å². The molecular weight excluding hydrogens is 351 g/mol. The van der Waals surface area contributed by atoms with E-state index in [2.05, 4.69) is 20.4 Å². The lowest BCUT2D eigenvalue weighted by molar-refractivity contribution is -0.125. The van der Waals surface area contributed by atoms with E-state index in [0.717, 1.165) is 18.9 Å². The SMILES string of the molecule is O=C(Nc1ccc(N2CCOCC2)nc1)[C@H]1CC(c2cccc(F)c2)=NO1. The van der Waals surface area contributed by atoms with Gasteiger partial charge in [0.25, 0.3) is 5.91 Å². The third-order valence-corrected chi connectivity index (χ3v) is 4.47. The van der Waals surface area contributed by atoms with Gasteiger partial charge in [0.1, 0.15) is 11.6 Å². The summed E-state index contributed by atoms with van der Waals surface area (Å²) in [6.45, 7) is 2.98. The molecule has 7 nitrogen and oxygen atoms in total. The van der Waals surface area contributed by atoms with Crippen LogP contribution in [0.25, 0.3) is 0 Å². The molecule has 1 aromatic carbocycles. The van der Waals surface area contributed by atoms with Gasteiger partial charge in [0, 0.05) is 25.1 Å². The van der Waals surface area contributed by atoms with Gasteiger partial charge in [-0.1, -0.05) is 17.3 Å². The zero-order chi connectivity index (χ0) is 18.6. The van der Waals surface area contributed by atoms with Crippen molar-refractivity contribution >= 4 is 23.1 Å². The predicted octanol–water partition coefficient (Wildman–Crippen LogP) is 2.19. The summed E-state index contributed by atoms with van der Waals surface area (Å²) in [6.07, 6.45) is 1.16. The number of pyridine rings is 1. The van der Waals surface area contributed by atoms with Gasteiger partial charge in [-0.3, -0.25) is 4.79 Å². The number of carbonyl (C=O) groups is 1. The minimum Gasteiger partial charge on any atom is -0.382 e. The number of benzene rings is 1. The maximum atomic E-state index is 13.3. The van der Waals surface area contributed by atoms with Crippen LogP contribution < -0.4 is 10.2 Å². The fourth-order valence-electron chi connectivity index (χ4n) is 3.02. The van der Waals surface area contributed by atoms with E-state index in [9.17, 15) is 9.18 Å². The normalized spacial score (nSPS) is 19.4. The number of carbonyl (C=O) groups excluding carboxylic acids is 1. The van der Waals surface area contributed by atoms with Crippen LogP contribution in [-0.4, -0.2) is 49.0 Å². The fraction of sp³-hybridized carbons (Fsp3) is 0.316. The molecule has 140 valence electrons. The van der Waals surface area contributed by atoms with Crippen molar-refractivity contribution in [3.8, 4) is 0 Å². The molecule has 2 aliphatic heterocycles. The standard InChI is InChI=1S/C19H19FN4O3/c20-14-3-1-2-13(10-14)16-11-17(27-23-16)19(25)22-15-4-5-18(21-12-15)24-6-8-26-9-7-24/h1-5,10,12,17H,6-9,11H2,(H,22,25)/t17-/m1/s1. The number of halogens is 1. The van der Waals surface area contributed by atoms with E-state index in [4.69, 9.17) is 9.57 Å². The molecular formula is C19H19FN4O3. The zero-order valence-corrected chi connectivity index (χ0v) is 14.6. The van der Waals surface area contributed by atoms with Crippen molar-refractivity contribution < 1.29 is 18.8 Å². The third-order valence-electron chi connectivity index (χ3n) is 4.47. The van der Waals surface area contributed by atoms with Crippen molar-refractivity contribution in [3.63, 3.8) is 0 Å². The van der Waals surface area contributed by atoms with Crippen LogP contribution in [0, 0.1) is 5.82 Å². The molecule has 1 aromatic heterocycles. The van der Waals surface area contributed by atoms with Crippen molar-refractivity contribution in [1.29, 1.82) is 0 Å². The average molecular weight is 370 g/mol. The summed E-state index contributed by atoms with van der Waals surface area (Å²) >= 11 is 0. The Morgan fingerprint density at radius 3 is 2.81 bits per heavy atom. The van der Waals surface area contributed by atoms with Crippen molar-refractivity contribution in [3.05, 3.63) is 54.0 Å². The second-order valence-corrected chi connectivity index (χ2v) is 6.34. The fourth-order valence-corrected chi connectivity index (χ4v) is 3.02. The molecule has 1 fully saturated rings. The van der Waals surface area contributed by atoms with Crippen LogP contribution in [0.1, 0.15) is 12.0 Å². The molecule has 1 saturated heterocycles. The molecule has 1 atom stereocenters. The Morgan fingerprint density at radius 1 is 1.22 bits per heavy atom. The summed E-state index contributed by atoms with van der Waals surface area (Å²) < 4.78 is 18.7. The van der Waals surface area contributed by atoms with Crippen LogP contribution in [-0.2, 0) is 14.4 Å². The topological polar surface area (TPSA) is 76.1 Å². The highest BCUT2D eigenvalue weighted by Crippen LogP contribution is 2.20. The number of hydrogen-bond acceptors (Lipinski definition) is 6. The van der Waals surface area contributed by atoms with Gasteiger partial charge in [0.2, 0.25) is 6.10 Å². The van der Waals surface area contributed by atoms with Crippen LogP contribution in [0.2, 0.25) is 0 Å². The molecule has 1 amide bonds. The van der Waals surface area contributed by atoms with E-state index in [1.807, 2.05) is 6.07 Å². The summed E-state index contributed by atoms with van der Waals surface area (Å²) in [5, 5.41) is 6.70. The average Bonchev–Trinajstić information content (AvgIpc) is 3.20. The Hall–Kier alpha value is -3.00. The first-order valence-corrected chi connectivity index (χ1v) is 8.77. The summed E-state index contributed by atoms with van der Waals surface area (Å²) in [6, 6.07) is 9.74. The maximum Gasteiger partial charge on any atom is 0.268 e. The minimum atomic E-state index is -0.748. The van der Waals surface area contributed by atoms with Crippen LogP contribution in [0.4, 0.5) is 15.9 Å². The highest BCUT2D eigenvalue weighted by molar-refractivity contribution is 6.06. The lowest BCUT2D eigenvalue weighted by atomic mass is 10.0. The first kappa shape index (κ1) is 17.4. The number of nitrogens with zero attached hydrogens (tertiary/aromatic N) is 3. The molecule has 27 heavy (non-hydrogen) atoms. The Bertz CT molecular complexity index is 850. The molecule has 0 saturated carbocycles. The van der Waals surface area contributed by atoms with Gasteiger partial charge in [-0.25, -0.2) is 9.37 Å². The summed E-state index contributed by atoms with van der Waals surface area (Å²) in [5.41, 5.74) is 1.75. The Morgan fingerprint density at radius 2 is 2.07 bits per heavy atom. The Labute approximate surface area is 155 Å². The molecule has 1 N–H and O–H groups in total. The van der Waals surface area contributed by atoms with E-state index in [1.54, 1.807) is 24.4 Å². The molecule has 0 radical (unpaired) electrons. The molecule has 4 rings (SSSR count). The first-order valence-electron chi connectivity index (χ1n) is 8.77. The van der Waals surface area contributed by atoms with Gasteiger partial charge in [-0.05, 0) is 24.3 Å². The number of nitrogens with one attached hydrogen (secondary N) is 1. The van der Waals surface area contributed by atoms with Crippen LogP contribution in [0.3, 0.4) is 0 Å². The molecule has 0 bridgehead atoms. The number of morpholine rings is 1. The smallest absolute Gasteiger partial charge is 0.268 e. The van der Waals surface area contributed by atoms with Crippen LogP contribution in [0.15, 0.2) is 47.8 Å². The summed E-state index contributed by atoms with van der Waals surface area (Å²) in [5.74, 6) is 0.186. The molecule has 2 aliphatic rings. The summed E-state index contributed by atoms with van der Waals surface area (Å²) in [7, 11) is 0. The lowest BCUT2D eigenvalue weighted by Crippen LogP contribution is -2.36.